The number of hydrogen-bond donors (Lipinski definition) is 0. The molecule has 3 atom stereocenters. The Morgan fingerprint density at radius 1 is 0.571 bits per heavy atom. The van der Waals surface area contributed by atoms with Gasteiger partial charge in [0.05, 0.1) is 11.6 Å². The fraction of sp³-hybridized carbons (Fsp3) is 0.244. The van der Waals surface area contributed by atoms with E-state index in [0.717, 1.165) is 67.3 Å². The molecular formula is C45H40N4. The SMILES string of the molecule is CCC1(c2ccc(-c3nc(-c4ccccc4)nc(-c4ccc5c6ccccc6c6cc(C#N)ccc6c5c4)n3)cc2)C[C@H](C)CC[C@H](C)C1. The van der Waals surface area contributed by atoms with Crippen molar-refractivity contribution in [1.82, 2.24) is 15.0 Å². The zero-order valence-electron chi connectivity index (χ0n) is 28.4. The molecule has 1 aliphatic carbocycles. The maximum absolute atomic E-state index is 9.68. The summed E-state index contributed by atoms with van der Waals surface area (Å²) in [5, 5.41) is 16.4. The minimum Gasteiger partial charge on any atom is -0.208 e. The van der Waals surface area contributed by atoms with Crippen molar-refractivity contribution in [2.75, 3.05) is 0 Å². The van der Waals surface area contributed by atoms with Crippen molar-refractivity contribution in [3.8, 4) is 40.2 Å². The summed E-state index contributed by atoms with van der Waals surface area (Å²) in [6.45, 7) is 7.22. The number of rotatable bonds is 5. The van der Waals surface area contributed by atoms with Gasteiger partial charge in [0.25, 0.3) is 0 Å². The van der Waals surface area contributed by atoms with Crippen LogP contribution in [0.2, 0.25) is 0 Å². The molecule has 49 heavy (non-hydrogen) atoms. The molecule has 1 unspecified atom stereocenters. The summed E-state index contributed by atoms with van der Waals surface area (Å²) < 4.78 is 0. The van der Waals surface area contributed by atoms with Crippen LogP contribution >= 0.6 is 0 Å². The number of nitriles is 1. The second-order valence-electron chi connectivity index (χ2n) is 14.3. The predicted octanol–water partition coefficient (Wildman–Crippen LogP) is 11.7. The molecule has 6 aromatic carbocycles. The fourth-order valence-corrected chi connectivity index (χ4v) is 8.41. The van der Waals surface area contributed by atoms with Gasteiger partial charge in [-0.2, -0.15) is 5.26 Å². The van der Waals surface area contributed by atoms with E-state index in [1.165, 1.54) is 31.2 Å². The highest BCUT2D eigenvalue weighted by atomic mass is 15.0. The summed E-state index contributed by atoms with van der Waals surface area (Å²) in [5.74, 6) is 3.43. The first kappa shape index (κ1) is 30.9. The third-order valence-electron chi connectivity index (χ3n) is 11.0. The maximum Gasteiger partial charge on any atom is 0.164 e. The van der Waals surface area contributed by atoms with Crippen LogP contribution in [0.1, 0.15) is 64.0 Å². The van der Waals surface area contributed by atoms with Crippen LogP contribution in [0.3, 0.4) is 0 Å². The van der Waals surface area contributed by atoms with E-state index in [9.17, 15) is 5.26 Å². The molecule has 7 aromatic rings. The lowest BCUT2D eigenvalue weighted by Crippen LogP contribution is -2.28. The normalized spacial score (nSPS) is 19.6. The molecule has 1 fully saturated rings. The van der Waals surface area contributed by atoms with Crippen LogP contribution in [-0.2, 0) is 5.41 Å². The Morgan fingerprint density at radius 2 is 1.06 bits per heavy atom. The second kappa shape index (κ2) is 12.6. The van der Waals surface area contributed by atoms with Gasteiger partial charge in [-0.15, -0.1) is 0 Å². The van der Waals surface area contributed by atoms with Gasteiger partial charge < -0.3 is 0 Å². The van der Waals surface area contributed by atoms with Gasteiger partial charge >= 0.3 is 0 Å². The fourth-order valence-electron chi connectivity index (χ4n) is 8.41. The van der Waals surface area contributed by atoms with Gasteiger partial charge in [-0.3, -0.25) is 0 Å². The number of hydrogen-bond acceptors (Lipinski definition) is 4. The summed E-state index contributed by atoms with van der Waals surface area (Å²) in [4.78, 5) is 15.2. The molecule has 0 saturated heterocycles. The molecule has 0 amide bonds. The van der Waals surface area contributed by atoms with Crippen molar-refractivity contribution in [1.29, 1.82) is 5.26 Å². The standard InChI is InChI=1S/C45H40N4/c1-4-45(26-29(2)14-15-30(3)27-45)35-20-17-33(18-21-35)43-47-42(32-10-6-5-7-11-32)48-44(49-43)34-19-23-38-36-12-8-9-13-37(36)40-24-31(28-46)16-22-39(40)41(38)25-34/h5-13,16-25,29-30H,4,14-15,26-27H2,1-3H3/t29-,30+,45?. The molecule has 0 spiro atoms. The van der Waals surface area contributed by atoms with Crippen molar-refractivity contribution in [2.24, 2.45) is 11.8 Å². The highest BCUT2D eigenvalue weighted by Crippen LogP contribution is 2.45. The molecular weight excluding hydrogens is 597 g/mol. The summed E-state index contributed by atoms with van der Waals surface area (Å²) in [5.41, 5.74) is 5.17. The minimum atomic E-state index is 0.208. The Kier molecular flexibility index (Phi) is 7.92. The molecule has 1 aliphatic rings. The molecule has 4 nitrogen and oxygen atoms in total. The first-order valence-corrected chi connectivity index (χ1v) is 17.7. The topological polar surface area (TPSA) is 62.5 Å². The van der Waals surface area contributed by atoms with Gasteiger partial charge in [0.1, 0.15) is 0 Å². The summed E-state index contributed by atoms with van der Waals surface area (Å²) in [6, 6.07) is 42.5. The van der Waals surface area contributed by atoms with Gasteiger partial charge in [-0.25, -0.2) is 15.0 Å². The summed E-state index contributed by atoms with van der Waals surface area (Å²) in [6.07, 6.45) is 6.27. The summed E-state index contributed by atoms with van der Waals surface area (Å²) >= 11 is 0. The number of nitrogens with zero attached hydrogens (tertiary/aromatic N) is 4. The third kappa shape index (κ3) is 5.64. The first-order valence-electron chi connectivity index (χ1n) is 17.7. The van der Waals surface area contributed by atoms with E-state index in [4.69, 9.17) is 15.0 Å². The highest BCUT2D eigenvalue weighted by molar-refractivity contribution is 6.25. The van der Waals surface area contributed by atoms with Crippen molar-refractivity contribution in [3.05, 3.63) is 126 Å². The lowest BCUT2D eigenvalue weighted by Gasteiger charge is -2.35. The Hall–Kier alpha value is -5.40. The lowest BCUT2D eigenvalue weighted by molar-refractivity contribution is 0.295. The Morgan fingerprint density at radius 3 is 1.69 bits per heavy atom. The zero-order valence-corrected chi connectivity index (χ0v) is 28.4. The number of aromatic nitrogens is 3. The number of benzene rings is 6. The second-order valence-corrected chi connectivity index (χ2v) is 14.3. The lowest BCUT2D eigenvalue weighted by atomic mass is 9.69. The van der Waals surface area contributed by atoms with Gasteiger partial charge in [-0.1, -0.05) is 131 Å². The number of fused-ring (bicyclic) bond motifs is 6. The van der Waals surface area contributed by atoms with Crippen LogP contribution in [-0.4, -0.2) is 15.0 Å². The third-order valence-corrected chi connectivity index (χ3v) is 11.0. The zero-order chi connectivity index (χ0) is 33.5. The van der Waals surface area contributed by atoms with E-state index in [0.29, 0.717) is 23.0 Å². The minimum absolute atomic E-state index is 0.208. The van der Waals surface area contributed by atoms with Crippen molar-refractivity contribution >= 4 is 32.3 Å². The molecule has 240 valence electrons. The van der Waals surface area contributed by atoms with Crippen molar-refractivity contribution < 1.29 is 0 Å². The molecule has 0 radical (unpaired) electrons. The molecule has 1 saturated carbocycles. The molecule has 8 rings (SSSR count). The molecule has 0 N–H and O–H groups in total. The summed E-state index contributed by atoms with van der Waals surface area (Å²) in [7, 11) is 0. The van der Waals surface area contributed by atoms with E-state index in [1.54, 1.807) is 0 Å². The quantitative estimate of drug-likeness (QED) is 0.139. The molecule has 0 bridgehead atoms. The predicted molar refractivity (Wildman–Crippen MR) is 202 cm³/mol. The van der Waals surface area contributed by atoms with Gasteiger partial charge in [0.15, 0.2) is 17.5 Å². The average Bonchev–Trinajstić information content (AvgIpc) is 3.32. The van der Waals surface area contributed by atoms with Gasteiger partial charge in [0.2, 0.25) is 0 Å². The molecule has 0 aliphatic heterocycles. The van der Waals surface area contributed by atoms with Crippen LogP contribution in [0.5, 0.6) is 0 Å². The Bertz CT molecular complexity index is 2360. The largest absolute Gasteiger partial charge is 0.208 e. The van der Waals surface area contributed by atoms with Crippen molar-refractivity contribution in [2.45, 2.75) is 58.3 Å². The van der Waals surface area contributed by atoms with E-state index in [1.807, 2.05) is 30.3 Å². The van der Waals surface area contributed by atoms with Crippen LogP contribution in [0, 0.1) is 23.2 Å². The molecule has 1 heterocycles. The van der Waals surface area contributed by atoms with E-state index in [-0.39, 0.29) is 5.41 Å². The molecule has 1 aromatic heterocycles. The maximum atomic E-state index is 9.68. The van der Waals surface area contributed by atoms with Crippen LogP contribution < -0.4 is 0 Å². The van der Waals surface area contributed by atoms with Crippen LogP contribution in [0.25, 0.3) is 66.5 Å². The smallest absolute Gasteiger partial charge is 0.164 e. The average molecular weight is 637 g/mol. The molecule has 4 heteroatoms. The van der Waals surface area contributed by atoms with Crippen LogP contribution in [0.15, 0.2) is 115 Å². The van der Waals surface area contributed by atoms with Gasteiger partial charge in [0, 0.05) is 16.7 Å². The van der Waals surface area contributed by atoms with E-state index < -0.39 is 0 Å². The Balaban J connectivity index is 1.28. The van der Waals surface area contributed by atoms with E-state index in [2.05, 4.69) is 112 Å². The highest BCUT2D eigenvalue weighted by Gasteiger charge is 2.36. The first-order chi connectivity index (χ1) is 23.9. The monoisotopic (exact) mass is 636 g/mol. The van der Waals surface area contributed by atoms with Crippen molar-refractivity contribution in [3.63, 3.8) is 0 Å². The van der Waals surface area contributed by atoms with E-state index >= 15 is 0 Å². The van der Waals surface area contributed by atoms with Gasteiger partial charge in [-0.05, 0) is 92.6 Å². The van der Waals surface area contributed by atoms with Crippen LogP contribution in [0.4, 0.5) is 0 Å². The Labute approximate surface area is 288 Å².